The third-order valence-corrected chi connectivity index (χ3v) is 9.70. The maximum absolute atomic E-state index is 12.7. The summed E-state index contributed by atoms with van der Waals surface area (Å²) in [5, 5.41) is 9.52. The van der Waals surface area contributed by atoms with Gasteiger partial charge >= 0.3 is 11.9 Å². The Bertz CT molecular complexity index is 656. The van der Waals surface area contributed by atoms with E-state index in [2.05, 4.69) is 25.7 Å². The Morgan fingerprint density at radius 1 is 0.479 bits per heavy atom. The largest absolute Gasteiger partial charge is 0.466 e. The summed E-state index contributed by atoms with van der Waals surface area (Å²) in [4.78, 5) is 27.1. The molecule has 1 N–H and O–H groups in total. The molecule has 0 fully saturated rings. The quantitative estimate of drug-likeness (QED) is 0.0514. The van der Waals surface area contributed by atoms with Gasteiger partial charge in [0.1, 0.15) is 6.10 Å². The molecule has 0 aromatic heterocycles. The summed E-state index contributed by atoms with van der Waals surface area (Å²) in [5.41, 5.74) is 0. The highest BCUT2D eigenvalue weighted by Gasteiger charge is 2.14. The van der Waals surface area contributed by atoms with Gasteiger partial charge in [0.15, 0.2) is 0 Å². The molecule has 0 unspecified atom stereocenters. The number of aliphatic hydroxyl groups excluding tert-OH is 1. The van der Waals surface area contributed by atoms with Crippen molar-refractivity contribution in [3.63, 3.8) is 0 Å². The number of hydrogen-bond acceptors (Lipinski definition) is 6. The lowest BCUT2D eigenvalue weighted by Crippen LogP contribution is -2.30. The molecule has 0 aromatic carbocycles. The van der Waals surface area contributed by atoms with Crippen molar-refractivity contribution in [2.45, 2.75) is 226 Å². The van der Waals surface area contributed by atoms with E-state index >= 15 is 0 Å². The second-order valence-electron chi connectivity index (χ2n) is 14.5. The molecule has 0 aliphatic heterocycles. The van der Waals surface area contributed by atoms with E-state index in [1.807, 2.05) is 0 Å². The Hall–Kier alpha value is -1.14. The first-order chi connectivity index (χ1) is 23.6. The Labute approximate surface area is 299 Å². The number of aliphatic hydroxyl groups is 1. The van der Waals surface area contributed by atoms with Gasteiger partial charge in [-0.05, 0) is 57.9 Å². The summed E-state index contributed by atoms with van der Waals surface area (Å²) in [7, 11) is 0. The Morgan fingerprint density at radius 2 is 0.875 bits per heavy atom. The number of ether oxygens (including phenoxy) is 2. The number of hydrogen-bond donors (Lipinski definition) is 1. The van der Waals surface area contributed by atoms with Gasteiger partial charge in [-0.25, -0.2) is 0 Å². The van der Waals surface area contributed by atoms with Crippen LogP contribution in [0.4, 0.5) is 0 Å². The second kappa shape index (κ2) is 38.7. The van der Waals surface area contributed by atoms with E-state index in [4.69, 9.17) is 9.47 Å². The molecule has 0 aromatic rings. The molecule has 0 radical (unpaired) electrons. The zero-order valence-corrected chi connectivity index (χ0v) is 32.6. The van der Waals surface area contributed by atoms with E-state index in [1.165, 1.54) is 122 Å². The monoisotopic (exact) mass is 682 g/mol. The number of carbonyl (C=O) groups is 2. The maximum atomic E-state index is 12.7. The van der Waals surface area contributed by atoms with Crippen molar-refractivity contribution in [2.75, 3.05) is 32.8 Å². The van der Waals surface area contributed by atoms with Crippen molar-refractivity contribution in [1.82, 2.24) is 4.90 Å². The van der Waals surface area contributed by atoms with Crippen molar-refractivity contribution >= 4 is 11.9 Å². The summed E-state index contributed by atoms with van der Waals surface area (Å²) < 4.78 is 11.5. The summed E-state index contributed by atoms with van der Waals surface area (Å²) in [6.45, 7) is 9.68. The summed E-state index contributed by atoms with van der Waals surface area (Å²) >= 11 is 0. The number of nitrogens with zero attached hydrogens (tertiary/aromatic N) is 1. The van der Waals surface area contributed by atoms with E-state index in [1.54, 1.807) is 0 Å². The minimum absolute atomic E-state index is 0.0286. The molecule has 0 spiro atoms. The Balaban J connectivity index is 4.04. The average molecular weight is 682 g/mol. The fourth-order valence-corrected chi connectivity index (χ4v) is 6.55. The van der Waals surface area contributed by atoms with Gasteiger partial charge < -0.3 is 19.5 Å². The topological polar surface area (TPSA) is 76.1 Å². The van der Waals surface area contributed by atoms with Crippen LogP contribution in [-0.2, 0) is 19.1 Å². The fourth-order valence-electron chi connectivity index (χ4n) is 6.55. The zero-order valence-electron chi connectivity index (χ0n) is 32.6. The third-order valence-electron chi connectivity index (χ3n) is 9.70. The lowest BCUT2D eigenvalue weighted by atomic mass is 10.0. The number of rotatable bonds is 39. The maximum Gasteiger partial charge on any atom is 0.306 e. The van der Waals surface area contributed by atoms with Gasteiger partial charge in [-0.15, -0.1) is 0 Å². The molecule has 0 saturated carbocycles. The van der Waals surface area contributed by atoms with E-state index in [0.717, 1.165) is 77.3 Å². The van der Waals surface area contributed by atoms with Crippen molar-refractivity contribution in [3.05, 3.63) is 0 Å². The van der Waals surface area contributed by atoms with Gasteiger partial charge in [0, 0.05) is 25.9 Å². The van der Waals surface area contributed by atoms with Crippen LogP contribution in [0.3, 0.4) is 0 Å². The first kappa shape index (κ1) is 46.9. The molecule has 0 heterocycles. The molecule has 0 rings (SSSR count). The average Bonchev–Trinajstić information content (AvgIpc) is 3.08. The van der Waals surface area contributed by atoms with Crippen molar-refractivity contribution in [1.29, 1.82) is 0 Å². The van der Waals surface area contributed by atoms with Crippen LogP contribution in [0.25, 0.3) is 0 Å². The van der Waals surface area contributed by atoms with E-state index in [0.29, 0.717) is 26.0 Å². The number of esters is 2. The second-order valence-corrected chi connectivity index (χ2v) is 14.5. The predicted octanol–water partition coefficient (Wildman–Crippen LogP) is 11.9. The Morgan fingerprint density at radius 3 is 1.35 bits per heavy atom. The van der Waals surface area contributed by atoms with Gasteiger partial charge in [-0.2, -0.15) is 0 Å². The van der Waals surface area contributed by atoms with E-state index in [-0.39, 0.29) is 24.6 Å². The smallest absolute Gasteiger partial charge is 0.306 e. The SMILES string of the molecule is CCCCCCCCCCCCCC(=O)OCCCN(CCO)CCCCCC(=O)OC(CCCCCCCC)CCCCCCCC. The van der Waals surface area contributed by atoms with Crippen LogP contribution in [0.5, 0.6) is 0 Å². The highest BCUT2D eigenvalue weighted by Crippen LogP contribution is 2.18. The van der Waals surface area contributed by atoms with Gasteiger partial charge in [0.25, 0.3) is 0 Å². The molecular weight excluding hydrogens is 598 g/mol. The first-order valence-corrected chi connectivity index (χ1v) is 21.3. The molecule has 286 valence electrons. The highest BCUT2D eigenvalue weighted by atomic mass is 16.5. The van der Waals surface area contributed by atoms with Crippen LogP contribution < -0.4 is 0 Å². The normalized spacial score (nSPS) is 11.5. The van der Waals surface area contributed by atoms with Crippen LogP contribution in [0.15, 0.2) is 0 Å². The highest BCUT2D eigenvalue weighted by molar-refractivity contribution is 5.69. The minimum Gasteiger partial charge on any atom is -0.466 e. The summed E-state index contributed by atoms with van der Waals surface area (Å²) in [6.07, 6.45) is 36.0. The molecule has 6 nitrogen and oxygen atoms in total. The molecular formula is C42H83NO5. The van der Waals surface area contributed by atoms with Crippen LogP contribution in [0.2, 0.25) is 0 Å². The number of carbonyl (C=O) groups excluding carboxylic acids is 2. The van der Waals surface area contributed by atoms with Gasteiger partial charge in [-0.1, -0.05) is 156 Å². The molecule has 0 amide bonds. The standard InChI is InChI=1S/C42H83NO5/c1-4-7-10-13-16-17-18-19-20-23-27-33-41(45)47-39-30-36-43(37-38-44)35-29-24-28-34-42(46)48-40(31-25-21-14-11-8-5-2)32-26-22-15-12-9-6-3/h40,44H,4-39H2,1-3H3. The van der Waals surface area contributed by atoms with Gasteiger partial charge in [-0.3, -0.25) is 9.59 Å². The lowest BCUT2D eigenvalue weighted by Gasteiger charge is -2.21. The molecule has 48 heavy (non-hydrogen) atoms. The molecule has 0 saturated heterocycles. The van der Waals surface area contributed by atoms with Crippen molar-refractivity contribution in [3.8, 4) is 0 Å². The van der Waals surface area contributed by atoms with Crippen LogP contribution >= 0.6 is 0 Å². The van der Waals surface area contributed by atoms with Crippen LogP contribution in [0, 0.1) is 0 Å². The third kappa shape index (κ3) is 34.7. The van der Waals surface area contributed by atoms with Gasteiger partial charge in [0.2, 0.25) is 0 Å². The lowest BCUT2D eigenvalue weighted by molar-refractivity contribution is -0.150. The van der Waals surface area contributed by atoms with Crippen LogP contribution in [0.1, 0.15) is 220 Å². The van der Waals surface area contributed by atoms with Crippen LogP contribution in [-0.4, -0.2) is 60.9 Å². The van der Waals surface area contributed by atoms with E-state index < -0.39 is 0 Å². The van der Waals surface area contributed by atoms with Gasteiger partial charge in [0.05, 0.1) is 13.2 Å². The summed E-state index contributed by atoms with van der Waals surface area (Å²) in [5.74, 6) is -0.105. The predicted molar refractivity (Wildman–Crippen MR) is 205 cm³/mol. The molecule has 0 atom stereocenters. The molecule has 6 heteroatoms. The summed E-state index contributed by atoms with van der Waals surface area (Å²) in [6, 6.07) is 0. The molecule has 0 aliphatic carbocycles. The van der Waals surface area contributed by atoms with E-state index in [9.17, 15) is 14.7 Å². The minimum atomic E-state index is -0.0762. The fraction of sp³-hybridized carbons (Fsp3) is 0.952. The molecule has 0 bridgehead atoms. The van der Waals surface area contributed by atoms with Crippen molar-refractivity contribution in [2.24, 2.45) is 0 Å². The van der Waals surface area contributed by atoms with Crippen molar-refractivity contribution < 1.29 is 24.2 Å². The number of unbranched alkanes of at least 4 members (excludes halogenated alkanes) is 22. The first-order valence-electron chi connectivity index (χ1n) is 21.3. The zero-order chi connectivity index (χ0) is 35.2. The Kier molecular flexibility index (Phi) is 37.7. The molecule has 0 aliphatic rings.